The SMILES string of the molecule is CCc1cc2c(C(C)C)cc(C(C)C)cc2[cH-]1.CCc1cc2c(C(C)C)cc(C(C)C)cc2[cH-]1.Cl.Cl.[CH3-].[CH3-].[Si]=[V]. The topological polar surface area (TPSA) is 0 Å². The molecule has 40 heavy (non-hydrogen) atoms. The van der Waals surface area contributed by atoms with Crippen molar-refractivity contribution in [3.63, 3.8) is 0 Å². The molecule has 0 N–H and O–H groups in total. The van der Waals surface area contributed by atoms with Crippen LogP contribution in [-0.4, -0.2) is 8.15 Å². The molecule has 2 radical (unpaired) electrons. The Morgan fingerprint density at radius 2 is 0.850 bits per heavy atom. The van der Waals surface area contributed by atoms with Crippen LogP contribution in [0.2, 0.25) is 0 Å². The average Bonchev–Trinajstić information content (AvgIpc) is 3.47. The van der Waals surface area contributed by atoms with Crippen molar-refractivity contribution >= 4 is 54.5 Å². The fourth-order valence-corrected chi connectivity index (χ4v) is 4.90. The quantitative estimate of drug-likeness (QED) is 0.146. The predicted molar refractivity (Wildman–Crippen MR) is 187 cm³/mol. The van der Waals surface area contributed by atoms with Gasteiger partial charge in [-0.15, -0.1) is 81.8 Å². The molecule has 0 fully saturated rings. The Morgan fingerprint density at radius 1 is 0.550 bits per heavy atom. The van der Waals surface area contributed by atoms with Crippen molar-refractivity contribution in [2.45, 2.75) is 106 Å². The summed E-state index contributed by atoms with van der Waals surface area (Å²) in [7, 11) is 2.91. The molecule has 0 atom stereocenters. The molecule has 0 aliphatic heterocycles. The molecule has 0 aliphatic rings. The standard InChI is InChI=1S/2C17H23.2CH3.2ClH.Si.V/c2*1-6-13-7-15-9-14(11(2)3)10-16(12(4)5)17(15)8-13;;;;;;/h2*7-12H,6H2,1-5H3;2*1H3;2*1H;;/q4*-1;;;;. The molecule has 0 heterocycles. The zero-order valence-corrected chi connectivity index (χ0v) is 31.1. The van der Waals surface area contributed by atoms with Crippen LogP contribution in [0.15, 0.2) is 48.5 Å². The van der Waals surface area contributed by atoms with Crippen LogP contribution in [0, 0.1) is 14.9 Å². The van der Waals surface area contributed by atoms with Crippen LogP contribution in [0.4, 0.5) is 0 Å². The molecule has 4 heteroatoms. The summed E-state index contributed by atoms with van der Waals surface area (Å²) in [5.41, 5.74) is 8.87. The fraction of sp³-hybridized carbons (Fsp3) is 0.444. The monoisotopic (exact) mass is 635 g/mol. The van der Waals surface area contributed by atoms with Crippen LogP contribution in [0.5, 0.6) is 0 Å². The second kappa shape index (κ2) is 20.0. The second-order valence-electron chi connectivity index (χ2n) is 11.3. The van der Waals surface area contributed by atoms with Gasteiger partial charge in [0.05, 0.1) is 0 Å². The number of halogens is 2. The maximum absolute atomic E-state index is 2.91. The van der Waals surface area contributed by atoms with Crippen molar-refractivity contribution in [3.05, 3.63) is 96.8 Å². The molecule has 4 aromatic rings. The van der Waals surface area contributed by atoms with Crippen LogP contribution in [-0.2, 0) is 29.1 Å². The van der Waals surface area contributed by atoms with Gasteiger partial charge in [0.1, 0.15) is 0 Å². The minimum atomic E-state index is 0. The molecule has 0 aliphatic carbocycles. The Balaban J connectivity index is -0.000000589. The number of hydrogen-bond acceptors (Lipinski definition) is 0. The normalized spacial score (nSPS) is 10.2. The fourth-order valence-electron chi connectivity index (χ4n) is 4.90. The van der Waals surface area contributed by atoms with Crippen LogP contribution in [0.1, 0.15) is 126 Å². The van der Waals surface area contributed by atoms with E-state index in [1.807, 2.05) is 0 Å². The Bertz CT molecular complexity index is 1160. The third-order valence-electron chi connectivity index (χ3n) is 7.27. The van der Waals surface area contributed by atoms with Crippen LogP contribution >= 0.6 is 24.8 Å². The third-order valence-corrected chi connectivity index (χ3v) is 7.27. The van der Waals surface area contributed by atoms with Gasteiger partial charge >= 0.3 is 24.4 Å². The number of fused-ring (bicyclic) bond motifs is 2. The first kappa shape index (κ1) is 43.5. The first-order valence-electron chi connectivity index (χ1n) is 13.7. The molecule has 0 spiro atoms. The summed E-state index contributed by atoms with van der Waals surface area (Å²) in [6.45, 7) is 22.7. The van der Waals surface area contributed by atoms with Crippen LogP contribution in [0.3, 0.4) is 0 Å². The van der Waals surface area contributed by atoms with E-state index in [1.165, 1.54) is 54.9 Å². The molecular formula is C36H54Cl2SiV-4. The summed E-state index contributed by atoms with van der Waals surface area (Å²) in [5.74, 6) is 2.42. The Labute approximate surface area is 271 Å². The van der Waals surface area contributed by atoms with E-state index in [4.69, 9.17) is 0 Å². The van der Waals surface area contributed by atoms with Crippen molar-refractivity contribution in [2.75, 3.05) is 0 Å². The summed E-state index contributed by atoms with van der Waals surface area (Å²) in [5, 5.41) is 5.77. The van der Waals surface area contributed by atoms with Crippen molar-refractivity contribution in [2.24, 2.45) is 0 Å². The molecule has 4 rings (SSSR count). The first-order chi connectivity index (χ1) is 17.0. The molecule has 4 aromatic carbocycles. The van der Waals surface area contributed by atoms with Crippen LogP contribution in [0.25, 0.3) is 21.5 Å². The molecule has 225 valence electrons. The van der Waals surface area contributed by atoms with Gasteiger partial charge < -0.3 is 14.9 Å². The Morgan fingerprint density at radius 3 is 1.07 bits per heavy atom. The van der Waals surface area contributed by atoms with Gasteiger partial charge in [-0.3, -0.25) is 0 Å². The van der Waals surface area contributed by atoms with E-state index < -0.39 is 0 Å². The van der Waals surface area contributed by atoms with E-state index in [0.29, 0.717) is 23.7 Å². The van der Waals surface area contributed by atoms with Gasteiger partial charge in [0.15, 0.2) is 0 Å². The van der Waals surface area contributed by atoms with E-state index in [0.717, 1.165) is 12.8 Å². The number of benzene rings is 2. The number of rotatable bonds is 6. The number of aryl methyl sites for hydroxylation is 2. The van der Waals surface area contributed by atoms with E-state index in [1.54, 1.807) is 0 Å². The van der Waals surface area contributed by atoms with Crippen molar-refractivity contribution in [3.8, 4) is 0 Å². The first-order valence-corrected chi connectivity index (χ1v) is 16.3. The summed E-state index contributed by atoms with van der Waals surface area (Å²) in [6.07, 6.45) is 2.26. The minimum absolute atomic E-state index is 0. The van der Waals surface area contributed by atoms with Gasteiger partial charge in [0.2, 0.25) is 0 Å². The van der Waals surface area contributed by atoms with Gasteiger partial charge in [-0.2, -0.15) is 12.1 Å². The van der Waals surface area contributed by atoms with Crippen molar-refractivity contribution < 1.29 is 16.3 Å². The van der Waals surface area contributed by atoms with E-state index >= 15 is 0 Å². The van der Waals surface area contributed by atoms with Gasteiger partial charge in [0.25, 0.3) is 0 Å². The summed E-state index contributed by atoms with van der Waals surface area (Å²) in [4.78, 5) is 0. The maximum atomic E-state index is 2.91. The Kier molecular flexibility index (Phi) is 21.8. The molecule has 0 amide bonds. The van der Waals surface area contributed by atoms with Crippen molar-refractivity contribution in [1.82, 2.24) is 0 Å². The zero-order valence-electron chi connectivity index (χ0n) is 27.1. The summed E-state index contributed by atoms with van der Waals surface area (Å²) in [6, 6.07) is 19.0. The predicted octanol–water partition coefficient (Wildman–Crippen LogP) is 12.1. The molecule has 0 nitrogen and oxygen atoms in total. The number of hydrogen-bond donors (Lipinski definition) is 0. The van der Waals surface area contributed by atoms with Gasteiger partial charge in [-0.1, -0.05) is 104 Å². The molecule has 0 bridgehead atoms. The molecule has 0 unspecified atom stereocenters. The van der Waals surface area contributed by atoms with E-state index in [-0.39, 0.29) is 39.7 Å². The van der Waals surface area contributed by atoms with Gasteiger partial charge in [-0.05, 0) is 36.5 Å². The third kappa shape index (κ3) is 10.7. The summed E-state index contributed by atoms with van der Waals surface area (Å²) < 4.78 is 0. The van der Waals surface area contributed by atoms with Gasteiger partial charge in [-0.25, -0.2) is 0 Å². The Hall–Kier alpha value is -0.959. The zero-order chi connectivity index (χ0) is 27.2. The molecular weight excluding hydrogens is 582 g/mol. The molecule has 0 aromatic heterocycles. The van der Waals surface area contributed by atoms with E-state index in [2.05, 4.69) is 142 Å². The van der Waals surface area contributed by atoms with Crippen LogP contribution < -0.4 is 0 Å². The molecule has 0 saturated carbocycles. The van der Waals surface area contributed by atoms with E-state index in [9.17, 15) is 0 Å². The van der Waals surface area contributed by atoms with Gasteiger partial charge in [0, 0.05) is 0 Å². The van der Waals surface area contributed by atoms with Crippen molar-refractivity contribution in [1.29, 1.82) is 0 Å². The average molecular weight is 637 g/mol. The summed E-state index contributed by atoms with van der Waals surface area (Å²) >= 11 is 2.12. The molecule has 0 saturated heterocycles. The second-order valence-corrected chi connectivity index (χ2v) is 11.3.